The van der Waals surface area contributed by atoms with Gasteiger partial charge < -0.3 is 15.4 Å². The topological polar surface area (TPSA) is 68.2 Å². The zero-order chi connectivity index (χ0) is 14.7. The van der Waals surface area contributed by atoms with Crippen LogP contribution in [0, 0.1) is 6.92 Å². The van der Waals surface area contributed by atoms with E-state index in [-0.39, 0.29) is 0 Å². The lowest BCUT2D eigenvalue weighted by Crippen LogP contribution is -2.09. The van der Waals surface area contributed by atoms with Gasteiger partial charge in [-0.3, -0.25) is 0 Å². The van der Waals surface area contributed by atoms with Crippen molar-refractivity contribution in [2.45, 2.75) is 39.7 Å². The molecule has 0 atom stereocenters. The summed E-state index contributed by atoms with van der Waals surface area (Å²) in [6, 6.07) is 3.53. The van der Waals surface area contributed by atoms with E-state index in [1.54, 1.807) is 12.1 Å². The average molecular weight is 274 g/mol. The van der Waals surface area contributed by atoms with Crippen molar-refractivity contribution in [2.75, 3.05) is 6.54 Å². The second-order valence-electron chi connectivity index (χ2n) is 5.23. The van der Waals surface area contributed by atoms with Crippen molar-refractivity contribution in [2.24, 2.45) is 5.73 Å². The fourth-order valence-corrected chi connectivity index (χ4v) is 2.73. The van der Waals surface area contributed by atoms with E-state index < -0.39 is 5.97 Å². The van der Waals surface area contributed by atoms with Crippen LogP contribution >= 0.6 is 0 Å². The largest absolute Gasteiger partial charge is 0.478 e. The zero-order valence-corrected chi connectivity index (χ0v) is 12.1. The van der Waals surface area contributed by atoms with Crippen molar-refractivity contribution in [3.05, 3.63) is 35.0 Å². The summed E-state index contributed by atoms with van der Waals surface area (Å²) in [5.41, 5.74) is 9.37. The van der Waals surface area contributed by atoms with Crippen LogP contribution in [-0.2, 0) is 13.0 Å². The van der Waals surface area contributed by atoms with Gasteiger partial charge in [0, 0.05) is 24.7 Å². The number of aromatic nitrogens is 1. The van der Waals surface area contributed by atoms with E-state index in [1.807, 2.05) is 6.92 Å². The number of nitrogens with zero attached hydrogens (tertiary/aromatic N) is 1. The summed E-state index contributed by atoms with van der Waals surface area (Å²) in [5.74, 6) is -0.872. The monoisotopic (exact) mass is 274 g/mol. The number of nitrogens with two attached hydrogens (primary N) is 1. The van der Waals surface area contributed by atoms with E-state index >= 15 is 0 Å². The van der Waals surface area contributed by atoms with Crippen LogP contribution in [0.3, 0.4) is 0 Å². The van der Waals surface area contributed by atoms with E-state index in [4.69, 9.17) is 5.73 Å². The average Bonchev–Trinajstić information content (AvgIpc) is 2.75. The van der Waals surface area contributed by atoms with Crippen molar-refractivity contribution in [1.29, 1.82) is 0 Å². The first kappa shape index (κ1) is 14.6. The number of fused-ring (bicyclic) bond motifs is 1. The second kappa shape index (κ2) is 6.09. The Morgan fingerprint density at radius 1 is 1.40 bits per heavy atom. The Morgan fingerprint density at radius 2 is 2.15 bits per heavy atom. The van der Waals surface area contributed by atoms with Gasteiger partial charge in [0.05, 0.1) is 11.1 Å². The molecule has 20 heavy (non-hydrogen) atoms. The summed E-state index contributed by atoms with van der Waals surface area (Å²) in [5, 5.41) is 10.3. The van der Waals surface area contributed by atoms with Gasteiger partial charge in [-0.1, -0.05) is 13.3 Å². The Kier molecular flexibility index (Phi) is 4.45. The number of hydrogen-bond acceptors (Lipinski definition) is 2. The Bertz CT molecular complexity index is 629. The van der Waals surface area contributed by atoms with Crippen LogP contribution in [0.5, 0.6) is 0 Å². The Morgan fingerprint density at radius 3 is 2.75 bits per heavy atom. The molecular formula is C16H22N2O2. The van der Waals surface area contributed by atoms with Crippen molar-refractivity contribution >= 4 is 16.9 Å². The number of carbonyl (C=O) groups is 1. The van der Waals surface area contributed by atoms with Gasteiger partial charge in [0.2, 0.25) is 0 Å². The molecule has 0 amide bonds. The van der Waals surface area contributed by atoms with Gasteiger partial charge in [-0.05, 0) is 43.0 Å². The Balaban J connectivity index is 2.62. The highest BCUT2D eigenvalue weighted by Crippen LogP contribution is 2.27. The van der Waals surface area contributed by atoms with Crippen LogP contribution in [0.25, 0.3) is 10.9 Å². The van der Waals surface area contributed by atoms with Crippen LogP contribution in [0.2, 0.25) is 0 Å². The molecule has 1 heterocycles. The van der Waals surface area contributed by atoms with Crippen molar-refractivity contribution in [3.63, 3.8) is 0 Å². The maximum atomic E-state index is 11.2. The van der Waals surface area contributed by atoms with Crippen molar-refractivity contribution in [3.8, 4) is 0 Å². The molecule has 2 aromatic rings. The molecule has 0 fully saturated rings. The summed E-state index contributed by atoms with van der Waals surface area (Å²) in [7, 11) is 0. The molecule has 0 spiro atoms. The third kappa shape index (κ3) is 2.70. The molecule has 1 aromatic heterocycles. The first-order chi connectivity index (χ1) is 9.58. The van der Waals surface area contributed by atoms with E-state index in [0.29, 0.717) is 12.1 Å². The number of benzene rings is 1. The van der Waals surface area contributed by atoms with Crippen LogP contribution in [0.4, 0.5) is 0 Å². The molecule has 0 radical (unpaired) electrons. The number of carboxylic acid groups (broad SMARTS) is 1. The highest BCUT2D eigenvalue weighted by molar-refractivity contribution is 5.96. The maximum absolute atomic E-state index is 11.2. The second-order valence-corrected chi connectivity index (χ2v) is 5.23. The summed E-state index contributed by atoms with van der Waals surface area (Å²) in [6.45, 7) is 5.46. The third-order valence-corrected chi connectivity index (χ3v) is 3.66. The number of carboxylic acids is 1. The maximum Gasteiger partial charge on any atom is 0.335 e. The normalized spacial score (nSPS) is 11.2. The third-order valence-electron chi connectivity index (χ3n) is 3.66. The van der Waals surface area contributed by atoms with Gasteiger partial charge >= 0.3 is 5.97 Å². The summed E-state index contributed by atoms with van der Waals surface area (Å²) < 4.78 is 2.15. The summed E-state index contributed by atoms with van der Waals surface area (Å²) in [4.78, 5) is 11.2. The molecule has 0 bridgehead atoms. The lowest BCUT2D eigenvalue weighted by Gasteiger charge is -2.07. The number of aryl methyl sites for hydroxylation is 2. The first-order valence-corrected chi connectivity index (χ1v) is 7.14. The lowest BCUT2D eigenvalue weighted by molar-refractivity contribution is 0.0697. The van der Waals surface area contributed by atoms with Crippen LogP contribution in [-0.4, -0.2) is 22.2 Å². The highest BCUT2D eigenvalue weighted by Gasteiger charge is 2.14. The van der Waals surface area contributed by atoms with E-state index in [2.05, 4.69) is 17.7 Å². The quantitative estimate of drug-likeness (QED) is 0.851. The smallest absolute Gasteiger partial charge is 0.335 e. The molecule has 108 valence electrons. The number of unbranched alkanes of at least 4 members (excludes halogenated alkanes) is 1. The van der Waals surface area contributed by atoms with Gasteiger partial charge in [0.25, 0.3) is 0 Å². The molecule has 2 rings (SSSR count). The predicted molar refractivity (Wildman–Crippen MR) is 81.3 cm³/mol. The van der Waals surface area contributed by atoms with Gasteiger partial charge in [-0.15, -0.1) is 0 Å². The van der Waals surface area contributed by atoms with Gasteiger partial charge in [-0.25, -0.2) is 4.79 Å². The first-order valence-electron chi connectivity index (χ1n) is 7.14. The minimum atomic E-state index is -0.872. The van der Waals surface area contributed by atoms with E-state index in [0.717, 1.165) is 42.3 Å². The predicted octanol–water partition coefficient (Wildman–Crippen LogP) is 2.95. The molecule has 1 aromatic carbocycles. The number of aromatic carboxylic acids is 1. The zero-order valence-electron chi connectivity index (χ0n) is 12.1. The molecule has 0 unspecified atom stereocenters. The van der Waals surface area contributed by atoms with Gasteiger partial charge in [0.1, 0.15) is 0 Å². The number of rotatable bonds is 6. The molecule has 0 aliphatic carbocycles. The van der Waals surface area contributed by atoms with Crippen LogP contribution in [0.15, 0.2) is 18.3 Å². The summed E-state index contributed by atoms with van der Waals surface area (Å²) in [6.07, 6.45) is 5.35. The van der Waals surface area contributed by atoms with Crippen molar-refractivity contribution in [1.82, 2.24) is 4.57 Å². The SMILES string of the molecule is CCCCc1cn(CCN)c2c(C)cc(C(=O)O)cc12. The van der Waals surface area contributed by atoms with E-state index in [1.165, 1.54) is 5.56 Å². The fraction of sp³-hybridized carbons (Fsp3) is 0.438. The molecule has 4 heteroatoms. The number of hydrogen-bond donors (Lipinski definition) is 2. The molecule has 4 nitrogen and oxygen atoms in total. The van der Waals surface area contributed by atoms with Crippen LogP contribution < -0.4 is 5.73 Å². The van der Waals surface area contributed by atoms with Crippen molar-refractivity contribution < 1.29 is 9.90 Å². The summed E-state index contributed by atoms with van der Waals surface area (Å²) >= 11 is 0. The standard InChI is InChI=1S/C16H22N2O2/c1-3-4-5-12-10-18(7-6-17)15-11(2)8-13(16(19)20)9-14(12)15/h8-10H,3-7,17H2,1-2H3,(H,19,20). The minimum absolute atomic E-state index is 0.359. The Hall–Kier alpha value is -1.81. The van der Waals surface area contributed by atoms with E-state index in [9.17, 15) is 9.90 Å². The molecule has 0 aliphatic heterocycles. The fourth-order valence-electron chi connectivity index (χ4n) is 2.73. The molecular weight excluding hydrogens is 252 g/mol. The lowest BCUT2D eigenvalue weighted by atomic mass is 10.0. The molecule has 0 saturated carbocycles. The minimum Gasteiger partial charge on any atom is -0.478 e. The van der Waals surface area contributed by atoms with Gasteiger partial charge in [0.15, 0.2) is 0 Å². The highest BCUT2D eigenvalue weighted by atomic mass is 16.4. The molecule has 0 aliphatic rings. The molecule has 3 N–H and O–H groups in total. The van der Waals surface area contributed by atoms with Crippen LogP contribution in [0.1, 0.15) is 41.3 Å². The molecule has 0 saturated heterocycles. The van der Waals surface area contributed by atoms with Gasteiger partial charge in [-0.2, -0.15) is 0 Å². The Labute approximate surface area is 119 Å².